The summed E-state index contributed by atoms with van der Waals surface area (Å²) in [6.45, 7) is -1.28. The molecule has 18 heteroatoms. The van der Waals surface area contributed by atoms with Gasteiger partial charge in [0.05, 0.1) is 0 Å². The molecule has 0 spiro atoms. The molecular formula is C9H7F9N2O5S2. The van der Waals surface area contributed by atoms with Crippen LogP contribution in [-0.2, 0) is 20.0 Å². The van der Waals surface area contributed by atoms with E-state index in [0.717, 1.165) is 8.86 Å². The molecule has 0 atom stereocenters. The van der Waals surface area contributed by atoms with Gasteiger partial charge in [0.2, 0.25) is 12.4 Å². The molecule has 158 valence electrons. The number of alkyl halides is 9. The fourth-order valence-corrected chi connectivity index (χ4v) is 2.54. The second-order valence-electron chi connectivity index (χ2n) is 4.04. The summed E-state index contributed by atoms with van der Waals surface area (Å²) in [7, 11) is -13.4. The summed E-state index contributed by atoms with van der Waals surface area (Å²) in [4.78, 5) is 4.36. The number of halogens is 9. The van der Waals surface area contributed by atoms with E-state index in [0.29, 0.717) is 0 Å². The lowest BCUT2D eigenvalue weighted by Gasteiger charge is -2.22. The molecule has 0 bridgehead atoms. The highest BCUT2D eigenvalue weighted by atomic mass is 32.3. The second-order valence-corrected chi connectivity index (χ2v) is 7.46. The minimum absolute atomic E-state index is 0.778. The van der Waals surface area contributed by atoms with Gasteiger partial charge in [-0.2, -0.15) is 39.5 Å². The summed E-state index contributed by atoms with van der Waals surface area (Å²) in [6.07, 6.45) is -1.50. The summed E-state index contributed by atoms with van der Waals surface area (Å²) in [5.74, 6) is 0. The van der Waals surface area contributed by atoms with Gasteiger partial charge in [0.15, 0.2) is 20.0 Å². The van der Waals surface area contributed by atoms with Crippen LogP contribution in [0.1, 0.15) is 0 Å². The summed E-state index contributed by atoms with van der Waals surface area (Å²) in [6, 6.07) is 4.85. The Balaban J connectivity index is 0.000000511. The molecule has 0 saturated carbocycles. The molecule has 0 saturated heterocycles. The van der Waals surface area contributed by atoms with Crippen molar-refractivity contribution in [1.82, 2.24) is 0 Å². The predicted molar refractivity (Wildman–Crippen MR) is 67.4 cm³/mol. The van der Waals surface area contributed by atoms with Crippen molar-refractivity contribution in [3.8, 4) is 0 Å². The highest BCUT2D eigenvalue weighted by molar-refractivity contribution is 8.13. The van der Waals surface area contributed by atoms with Gasteiger partial charge >= 0.3 is 17.2 Å². The van der Waals surface area contributed by atoms with Gasteiger partial charge in [-0.3, -0.25) is 4.84 Å². The van der Waals surface area contributed by atoms with Crippen LogP contribution in [0.4, 0.5) is 39.5 Å². The predicted octanol–water partition coefficient (Wildman–Crippen LogP) is 2.02. The molecule has 1 heterocycles. The first-order valence-corrected chi connectivity index (χ1v) is 8.70. The molecular weight excluding hydrogens is 451 g/mol. The first-order valence-electron chi connectivity index (χ1n) is 5.82. The van der Waals surface area contributed by atoms with Crippen LogP contribution >= 0.6 is 0 Å². The van der Waals surface area contributed by atoms with Crippen LogP contribution in [0.5, 0.6) is 0 Å². The lowest BCUT2D eigenvalue weighted by atomic mass is 10.5. The van der Waals surface area contributed by atoms with E-state index in [1.165, 1.54) is 12.4 Å². The molecule has 0 aliphatic carbocycles. The van der Waals surface area contributed by atoms with E-state index in [1.54, 1.807) is 18.2 Å². The third kappa shape index (κ3) is 9.09. The van der Waals surface area contributed by atoms with Crippen LogP contribution in [0.25, 0.3) is 4.13 Å². The number of hydrogen-bond donors (Lipinski definition) is 0. The monoisotopic (exact) mass is 458 g/mol. The summed E-state index contributed by atoms with van der Waals surface area (Å²) < 4.78 is 145. The van der Waals surface area contributed by atoms with Crippen LogP contribution in [-0.4, -0.2) is 40.6 Å². The van der Waals surface area contributed by atoms with E-state index in [2.05, 4.69) is 4.84 Å². The Morgan fingerprint density at radius 2 is 1.11 bits per heavy atom. The van der Waals surface area contributed by atoms with Crippen molar-refractivity contribution >= 4 is 20.0 Å². The lowest BCUT2D eigenvalue weighted by molar-refractivity contribution is -0.894. The maximum absolute atomic E-state index is 11.6. The molecule has 0 N–H and O–H groups in total. The maximum atomic E-state index is 11.6. The second kappa shape index (κ2) is 8.46. The fraction of sp³-hybridized carbons (Fsp3) is 0.444. The van der Waals surface area contributed by atoms with E-state index in [1.807, 2.05) is 0 Å². The third-order valence-electron chi connectivity index (χ3n) is 1.85. The Labute approximate surface area is 145 Å². The molecule has 0 aromatic carbocycles. The van der Waals surface area contributed by atoms with Crippen LogP contribution in [0, 0.1) is 0 Å². The van der Waals surface area contributed by atoms with Gasteiger partial charge in [-0.15, -0.1) is 0 Å². The molecule has 0 radical (unpaired) electrons. The maximum Gasteiger partial charge on any atom is 0.480 e. The Hall–Kier alpha value is -1.82. The van der Waals surface area contributed by atoms with Crippen LogP contribution in [0.2, 0.25) is 0 Å². The zero-order chi connectivity index (χ0) is 21.7. The SMILES string of the molecule is FC(F)(F)CO[n+]1ccccc1.O=S(=O)([N-]S(=O)(=O)C(F)(F)F)C(F)(F)F. The van der Waals surface area contributed by atoms with Crippen molar-refractivity contribution in [2.75, 3.05) is 6.61 Å². The standard InChI is InChI=1S/C7H7F3NO.C2F6NO4S2/c8-7(9,10)6-12-11-4-2-1-3-5-11;3-1(4,5)14(10,11)9-15(12,13)2(6,7)8/h1-5H,6H2;/q+1;-1. The van der Waals surface area contributed by atoms with Gasteiger partial charge in [-0.1, -0.05) is 6.07 Å². The van der Waals surface area contributed by atoms with Crippen molar-refractivity contribution < 1.29 is 65.9 Å². The first-order chi connectivity index (χ1) is 11.8. The molecule has 0 fully saturated rings. The Kier molecular flexibility index (Phi) is 7.89. The largest absolute Gasteiger partial charge is 0.480 e. The van der Waals surface area contributed by atoms with Gasteiger partial charge < -0.3 is 4.13 Å². The molecule has 0 amide bonds. The molecule has 7 nitrogen and oxygen atoms in total. The Bertz CT molecular complexity index is 759. The summed E-state index contributed by atoms with van der Waals surface area (Å²) >= 11 is 0. The van der Waals surface area contributed by atoms with Gasteiger partial charge in [-0.25, -0.2) is 16.8 Å². The van der Waals surface area contributed by atoms with Crippen molar-refractivity contribution in [2.45, 2.75) is 17.2 Å². The minimum Gasteiger partial charge on any atom is -0.421 e. The quantitative estimate of drug-likeness (QED) is 0.508. The van der Waals surface area contributed by atoms with Crippen LogP contribution in [0.3, 0.4) is 0 Å². The van der Waals surface area contributed by atoms with E-state index < -0.39 is 43.8 Å². The smallest absolute Gasteiger partial charge is 0.421 e. The van der Waals surface area contributed by atoms with Crippen molar-refractivity contribution in [2.24, 2.45) is 0 Å². The Morgan fingerprint density at radius 1 is 0.741 bits per heavy atom. The molecule has 27 heavy (non-hydrogen) atoms. The van der Waals surface area contributed by atoms with Gasteiger partial charge in [0.1, 0.15) is 0 Å². The highest BCUT2D eigenvalue weighted by Crippen LogP contribution is 2.36. The van der Waals surface area contributed by atoms with Crippen LogP contribution < -0.4 is 9.57 Å². The zero-order valence-corrected chi connectivity index (χ0v) is 13.9. The van der Waals surface area contributed by atoms with Crippen molar-refractivity contribution in [3.05, 3.63) is 34.7 Å². The minimum atomic E-state index is -6.72. The Morgan fingerprint density at radius 3 is 1.41 bits per heavy atom. The average Bonchev–Trinajstić information content (AvgIpc) is 2.43. The highest BCUT2D eigenvalue weighted by Gasteiger charge is 2.46. The van der Waals surface area contributed by atoms with Gasteiger partial charge in [0.25, 0.3) is 6.61 Å². The number of rotatable bonds is 4. The van der Waals surface area contributed by atoms with E-state index >= 15 is 0 Å². The van der Waals surface area contributed by atoms with E-state index in [4.69, 9.17) is 0 Å². The van der Waals surface area contributed by atoms with E-state index in [-0.39, 0.29) is 0 Å². The average molecular weight is 458 g/mol. The summed E-state index contributed by atoms with van der Waals surface area (Å²) in [5.41, 5.74) is -12.4. The van der Waals surface area contributed by atoms with Crippen molar-refractivity contribution in [3.63, 3.8) is 0 Å². The first kappa shape index (κ1) is 25.2. The molecule has 0 unspecified atom stereocenters. The number of hydrogen-bond acceptors (Lipinski definition) is 5. The number of pyridine rings is 1. The normalized spacial score (nSPS) is 13.5. The van der Waals surface area contributed by atoms with E-state index in [9.17, 15) is 56.3 Å². The summed E-state index contributed by atoms with van der Waals surface area (Å²) in [5, 5.41) is 0. The number of nitrogens with zero attached hydrogens (tertiary/aromatic N) is 2. The molecule has 1 aromatic heterocycles. The number of aromatic nitrogens is 1. The zero-order valence-electron chi connectivity index (χ0n) is 12.2. The lowest BCUT2D eigenvalue weighted by Crippen LogP contribution is -2.45. The topological polar surface area (TPSA) is 95.5 Å². The van der Waals surface area contributed by atoms with Gasteiger partial charge in [0, 0.05) is 16.9 Å². The third-order valence-corrected chi connectivity index (χ3v) is 4.59. The molecule has 1 aromatic rings. The van der Waals surface area contributed by atoms with Crippen LogP contribution in [0.15, 0.2) is 30.6 Å². The fourth-order valence-electron chi connectivity index (χ4n) is 0.830. The number of sulfonamides is 2. The molecule has 0 aliphatic rings. The molecule has 1 rings (SSSR count). The van der Waals surface area contributed by atoms with Crippen molar-refractivity contribution in [1.29, 1.82) is 0 Å². The van der Waals surface area contributed by atoms with Gasteiger partial charge in [-0.05, 0) is 0 Å². The molecule has 0 aliphatic heterocycles.